The number of hydrogen-bond donors (Lipinski definition) is 0. The Morgan fingerprint density at radius 1 is 1.44 bits per heavy atom. The molecule has 0 heterocycles. The molecule has 0 bridgehead atoms. The van der Waals surface area contributed by atoms with Gasteiger partial charge in [0.05, 0.1) is 0 Å². The van der Waals surface area contributed by atoms with Gasteiger partial charge in [0.15, 0.2) is 0 Å². The number of hydrogen-bond acceptors (Lipinski definition) is 2. The van der Waals surface area contributed by atoms with Crippen LogP contribution < -0.4 is 56.3 Å². The van der Waals surface area contributed by atoms with Crippen molar-refractivity contribution < 1.29 is 60.8 Å². The summed E-state index contributed by atoms with van der Waals surface area (Å²) >= 11 is 0. The second-order valence-electron chi connectivity index (χ2n) is 1.76. The first-order valence-corrected chi connectivity index (χ1v) is 4.25. The van der Waals surface area contributed by atoms with Gasteiger partial charge >= 0.3 is 59.4 Å². The summed E-state index contributed by atoms with van der Waals surface area (Å²) in [6.45, 7) is 2.05. The summed E-state index contributed by atoms with van der Waals surface area (Å²) in [4.78, 5) is 9.91. The van der Waals surface area contributed by atoms with Crippen LogP contribution in [0, 0.1) is 0 Å². The molecule has 0 radical (unpaired) electrons. The van der Waals surface area contributed by atoms with E-state index in [1.165, 1.54) is 0 Å². The Morgan fingerprint density at radius 2 is 2.00 bits per heavy atom. The summed E-state index contributed by atoms with van der Waals surface area (Å²) in [5.41, 5.74) is 0. The average molecular weight is 173 g/mol. The molecule has 1 unspecified atom stereocenters. The standard InChI is InChI=1S/C5H11O2P.K/c1-2-3-4-5-8(6)7;/h2-5H2,1H3;/q;+1. The van der Waals surface area contributed by atoms with Crippen molar-refractivity contribution in [2.45, 2.75) is 26.2 Å². The smallest absolute Gasteiger partial charge is 0.596 e. The van der Waals surface area contributed by atoms with Gasteiger partial charge in [-0.05, 0) is 12.8 Å². The van der Waals surface area contributed by atoms with Crippen LogP contribution in [0.15, 0.2) is 0 Å². The van der Waals surface area contributed by atoms with E-state index in [1.807, 2.05) is 0 Å². The van der Waals surface area contributed by atoms with E-state index in [2.05, 4.69) is 6.92 Å². The van der Waals surface area contributed by atoms with Gasteiger partial charge in [0.1, 0.15) is 6.16 Å². The van der Waals surface area contributed by atoms with Crippen molar-refractivity contribution in [2.75, 3.05) is 6.16 Å². The molecule has 1 atom stereocenters. The molecular weight excluding hydrogens is 162 g/mol. The molecule has 0 spiro atoms. The molecule has 0 aromatic carbocycles. The summed E-state index contributed by atoms with van der Waals surface area (Å²) in [6.07, 6.45) is 3.31. The maximum atomic E-state index is 9.91. The van der Waals surface area contributed by atoms with Crippen LogP contribution in [0.1, 0.15) is 26.2 Å². The van der Waals surface area contributed by atoms with Crippen LogP contribution in [-0.2, 0) is 4.57 Å². The van der Waals surface area contributed by atoms with Crippen molar-refractivity contribution in [3.8, 4) is 0 Å². The summed E-state index contributed by atoms with van der Waals surface area (Å²) in [5.74, 6) is 0. The van der Waals surface area contributed by atoms with Gasteiger partial charge in [-0.2, -0.15) is 0 Å². The monoisotopic (exact) mass is 173 g/mol. The number of unbranched alkanes of at least 4 members (excludes halogenated alkanes) is 2. The van der Waals surface area contributed by atoms with Gasteiger partial charge in [-0.1, -0.05) is 17.9 Å². The Balaban J connectivity index is 0. The fourth-order valence-electron chi connectivity index (χ4n) is 0.491. The fraction of sp³-hybridized carbons (Fsp3) is 1.00. The molecule has 4 heteroatoms. The van der Waals surface area contributed by atoms with Crippen molar-refractivity contribution in [2.24, 2.45) is 0 Å². The van der Waals surface area contributed by atoms with Crippen LogP contribution >= 0.6 is 8.03 Å². The second kappa shape index (κ2) is 9.70. The van der Waals surface area contributed by atoms with Crippen molar-refractivity contribution in [1.29, 1.82) is 0 Å². The SMILES string of the molecule is CCCCC[P+](=O)[O-].[K+]. The Bertz CT molecular complexity index is 77.4. The zero-order valence-corrected chi connectivity index (χ0v) is 10.1. The summed E-state index contributed by atoms with van der Waals surface area (Å²) in [5, 5.41) is 0. The van der Waals surface area contributed by atoms with E-state index in [-0.39, 0.29) is 51.4 Å². The van der Waals surface area contributed by atoms with E-state index in [4.69, 9.17) is 0 Å². The molecule has 2 nitrogen and oxygen atoms in total. The average Bonchev–Trinajstić information content (AvgIpc) is 1.66. The van der Waals surface area contributed by atoms with E-state index >= 15 is 0 Å². The van der Waals surface area contributed by atoms with Gasteiger partial charge in [-0.3, -0.25) is 0 Å². The van der Waals surface area contributed by atoms with Crippen LogP contribution in [0.25, 0.3) is 0 Å². The molecular formula is C5H11KO2P+. The maximum absolute atomic E-state index is 9.91. The maximum Gasteiger partial charge on any atom is 1.00 e. The largest absolute Gasteiger partial charge is 1.00 e. The molecule has 0 rings (SSSR count). The molecule has 0 N–H and O–H groups in total. The molecule has 0 fully saturated rings. The first-order valence-electron chi connectivity index (χ1n) is 2.89. The van der Waals surface area contributed by atoms with Crippen molar-refractivity contribution in [3.63, 3.8) is 0 Å². The molecule has 0 aliphatic carbocycles. The summed E-state index contributed by atoms with van der Waals surface area (Å²) in [7, 11) is -2.11. The predicted octanol–water partition coefficient (Wildman–Crippen LogP) is -1.72. The minimum Gasteiger partial charge on any atom is -0.596 e. The molecule has 0 aliphatic rings. The van der Waals surface area contributed by atoms with Gasteiger partial charge in [-0.15, -0.1) is 0 Å². The zero-order chi connectivity index (χ0) is 6.41. The van der Waals surface area contributed by atoms with Gasteiger partial charge in [0.25, 0.3) is 0 Å². The Hall–Kier alpha value is 1.70. The normalized spacial score (nSPS) is 10.2. The van der Waals surface area contributed by atoms with Crippen LogP contribution in [0.4, 0.5) is 0 Å². The quantitative estimate of drug-likeness (QED) is 0.288. The van der Waals surface area contributed by atoms with Crippen LogP contribution in [0.3, 0.4) is 0 Å². The third-order valence-electron chi connectivity index (χ3n) is 0.944. The van der Waals surface area contributed by atoms with Crippen LogP contribution in [0.2, 0.25) is 0 Å². The van der Waals surface area contributed by atoms with E-state index in [1.54, 1.807) is 0 Å². The van der Waals surface area contributed by atoms with Crippen molar-refractivity contribution in [1.82, 2.24) is 0 Å². The third kappa shape index (κ3) is 12.8. The molecule has 0 amide bonds. The summed E-state index contributed by atoms with van der Waals surface area (Å²) < 4.78 is 9.91. The Morgan fingerprint density at radius 3 is 2.33 bits per heavy atom. The Kier molecular flexibility index (Phi) is 14.3. The van der Waals surface area contributed by atoms with Crippen molar-refractivity contribution >= 4 is 8.03 Å². The molecule has 0 saturated carbocycles. The van der Waals surface area contributed by atoms with Crippen molar-refractivity contribution in [3.05, 3.63) is 0 Å². The molecule has 0 aromatic heterocycles. The first-order chi connectivity index (χ1) is 3.77. The van der Waals surface area contributed by atoms with Gasteiger partial charge < -0.3 is 4.89 Å². The van der Waals surface area contributed by atoms with Gasteiger partial charge in [0, 0.05) is 0 Å². The first kappa shape index (κ1) is 13.3. The Labute approximate surface area is 99.7 Å². The minimum atomic E-state index is -2.11. The fourth-order valence-corrected chi connectivity index (χ4v) is 0.973. The van der Waals surface area contributed by atoms with E-state index in [0.29, 0.717) is 6.16 Å². The zero-order valence-electron chi connectivity index (χ0n) is 6.09. The molecule has 9 heavy (non-hydrogen) atoms. The molecule has 0 saturated heterocycles. The molecule has 48 valence electrons. The van der Waals surface area contributed by atoms with E-state index in [9.17, 15) is 9.46 Å². The van der Waals surface area contributed by atoms with E-state index in [0.717, 1.165) is 19.3 Å². The minimum absolute atomic E-state index is 0. The summed E-state index contributed by atoms with van der Waals surface area (Å²) in [6, 6.07) is 0. The van der Waals surface area contributed by atoms with E-state index < -0.39 is 8.03 Å². The third-order valence-corrected chi connectivity index (χ3v) is 1.63. The van der Waals surface area contributed by atoms with Gasteiger partial charge in [-0.25, -0.2) is 0 Å². The molecule has 0 aromatic rings. The topological polar surface area (TPSA) is 40.1 Å². The van der Waals surface area contributed by atoms with Crippen LogP contribution in [0.5, 0.6) is 0 Å². The molecule has 0 aliphatic heterocycles. The predicted molar refractivity (Wildman–Crippen MR) is 32.0 cm³/mol. The number of rotatable bonds is 4. The second-order valence-corrected chi connectivity index (χ2v) is 2.88. The van der Waals surface area contributed by atoms with Gasteiger partial charge in [0.2, 0.25) is 0 Å². The van der Waals surface area contributed by atoms with Crippen LogP contribution in [-0.4, -0.2) is 6.16 Å².